The maximum atomic E-state index is 6.13. The molecule has 0 radical (unpaired) electrons. The van der Waals surface area contributed by atoms with Crippen LogP contribution in [0.15, 0.2) is 34.6 Å². The molecule has 148 valence electrons. The number of nitrogens with zero attached hydrogens (tertiary/aromatic N) is 5. The number of hydrogen-bond acceptors (Lipinski definition) is 9. The number of aryl methyl sites for hydroxylation is 1. The third-order valence-corrected chi connectivity index (χ3v) is 4.37. The van der Waals surface area contributed by atoms with Gasteiger partial charge in [0, 0.05) is 55.8 Å². The summed E-state index contributed by atoms with van der Waals surface area (Å²) in [5.41, 5.74) is 10.2. The summed E-state index contributed by atoms with van der Waals surface area (Å²) < 4.78 is 5.34. The van der Waals surface area contributed by atoms with E-state index in [0.717, 1.165) is 42.3 Å². The first-order chi connectivity index (χ1) is 13.5. The van der Waals surface area contributed by atoms with E-state index in [0.29, 0.717) is 23.2 Å². The van der Waals surface area contributed by atoms with Gasteiger partial charge in [-0.15, -0.1) is 0 Å². The van der Waals surface area contributed by atoms with Crippen molar-refractivity contribution < 1.29 is 4.74 Å². The highest BCUT2D eigenvalue weighted by Crippen LogP contribution is 2.29. The highest BCUT2D eigenvalue weighted by Gasteiger charge is 2.13. The van der Waals surface area contributed by atoms with Crippen LogP contribution in [0.1, 0.15) is 12.1 Å². The topological polar surface area (TPSA) is 114 Å². The van der Waals surface area contributed by atoms with Gasteiger partial charge in [-0.2, -0.15) is 4.98 Å². The van der Waals surface area contributed by atoms with Gasteiger partial charge in [0.1, 0.15) is 11.5 Å². The number of rotatable bonds is 6. The molecule has 1 aliphatic rings. The second-order valence-electron chi connectivity index (χ2n) is 6.64. The first-order valence-electron chi connectivity index (χ1n) is 9.03. The number of ether oxygens (including phenoxy) is 1. The third kappa shape index (κ3) is 4.74. The highest BCUT2D eigenvalue weighted by molar-refractivity contribution is 5.83. The molecule has 4 N–H and O–H groups in total. The van der Waals surface area contributed by atoms with Crippen LogP contribution in [0.5, 0.6) is 5.88 Å². The van der Waals surface area contributed by atoms with Gasteiger partial charge >= 0.3 is 0 Å². The summed E-state index contributed by atoms with van der Waals surface area (Å²) in [6, 6.07) is 3.71. The van der Waals surface area contributed by atoms with Crippen LogP contribution < -0.4 is 21.1 Å². The van der Waals surface area contributed by atoms with Gasteiger partial charge in [-0.05, 0) is 20.0 Å². The van der Waals surface area contributed by atoms with E-state index >= 15 is 0 Å². The standard InChI is InChI=1S/C19H26N8O/c1-12-7-17(21-2)26-19(24-12)25-14-8-16(18(28-4)23-10-14)22-9-13-11-27(3)6-5-15(13)20/h7-10H,5-6,11,20H2,1-4H3,(H2,21,24,25,26). The normalized spacial score (nSPS) is 15.1. The van der Waals surface area contributed by atoms with Crippen molar-refractivity contribution >= 4 is 29.4 Å². The van der Waals surface area contributed by atoms with Crippen LogP contribution in [-0.2, 0) is 0 Å². The van der Waals surface area contributed by atoms with Gasteiger partial charge in [-0.25, -0.2) is 9.97 Å². The molecule has 0 aromatic carbocycles. The Morgan fingerprint density at radius 2 is 2.14 bits per heavy atom. The lowest BCUT2D eigenvalue weighted by Crippen LogP contribution is -2.30. The van der Waals surface area contributed by atoms with Gasteiger partial charge in [0.05, 0.1) is 19.0 Å². The van der Waals surface area contributed by atoms with Gasteiger partial charge in [0.15, 0.2) is 0 Å². The minimum atomic E-state index is 0.436. The zero-order chi connectivity index (χ0) is 20.1. The van der Waals surface area contributed by atoms with Crippen molar-refractivity contribution in [2.45, 2.75) is 13.3 Å². The molecule has 0 atom stereocenters. The summed E-state index contributed by atoms with van der Waals surface area (Å²) in [5.74, 6) is 1.65. The van der Waals surface area contributed by atoms with Crippen molar-refractivity contribution in [3.63, 3.8) is 0 Å². The largest absolute Gasteiger partial charge is 0.479 e. The van der Waals surface area contributed by atoms with E-state index in [2.05, 4.69) is 42.5 Å². The second kappa shape index (κ2) is 8.66. The van der Waals surface area contributed by atoms with Crippen molar-refractivity contribution in [2.24, 2.45) is 10.7 Å². The molecule has 9 heteroatoms. The molecule has 9 nitrogen and oxygen atoms in total. The SMILES string of the molecule is CNc1cc(C)nc(Nc2cnc(OC)c(N=CC3=C(N)CCN(C)C3)c2)n1. The summed E-state index contributed by atoms with van der Waals surface area (Å²) in [7, 11) is 5.45. The fraction of sp³-hybridized carbons (Fsp3) is 0.368. The molecule has 2 aromatic heterocycles. The number of nitrogens with two attached hydrogens (primary N) is 1. The molecule has 0 spiro atoms. The van der Waals surface area contributed by atoms with Gasteiger partial charge < -0.3 is 26.0 Å². The molecule has 0 bridgehead atoms. The van der Waals surface area contributed by atoms with Crippen LogP contribution in [0, 0.1) is 6.92 Å². The highest BCUT2D eigenvalue weighted by atomic mass is 16.5. The first-order valence-corrected chi connectivity index (χ1v) is 9.03. The number of pyridine rings is 1. The number of aliphatic imine (C=N–C) groups is 1. The molecule has 0 fully saturated rings. The Labute approximate surface area is 164 Å². The molecular weight excluding hydrogens is 356 g/mol. The Hall–Kier alpha value is -3.20. The molecule has 0 aliphatic carbocycles. The molecule has 1 aliphatic heterocycles. The van der Waals surface area contributed by atoms with Crippen molar-refractivity contribution in [2.75, 3.05) is 44.9 Å². The van der Waals surface area contributed by atoms with E-state index in [9.17, 15) is 0 Å². The lowest BCUT2D eigenvalue weighted by atomic mass is 10.1. The minimum absolute atomic E-state index is 0.436. The summed E-state index contributed by atoms with van der Waals surface area (Å²) in [6.07, 6.45) is 4.29. The average molecular weight is 382 g/mol. The first kappa shape index (κ1) is 19.6. The Morgan fingerprint density at radius 1 is 1.32 bits per heavy atom. The molecule has 0 saturated carbocycles. The quantitative estimate of drug-likeness (QED) is 0.652. The summed E-state index contributed by atoms with van der Waals surface area (Å²) >= 11 is 0. The van der Waals surface area contributed by atoms with E-state index in [1.807, 2.05) is 26.1 Å². The Bertz CT molecular complexity index is 909. The Morgan fingerprint density at radius 3 is 2.89 bits per heavy atom. The van der Waals surface area contributed by atoms with E-state index in [1.54, 1.807) is 19.5 Å². The van der Waals surface area contributed by atoms with Crippen LogP contribution in [0.4, 0.5) is 23.1 Å². The van der Waals surface area contributed by atoms with Gasteiger partial charge in [-0.1, -0.05) is 0 Å². The maximum Gasteiger partial charge on any atom is 0.239 e. The zero-order valence-electron chi connectivity index (χ0n) is 16.7. The van der Waals surface area contributed by atoms with E-state index in [4.69, 9.17) is 10.5 Å². The van der Waals surface area contributed by atoms with Gasteiger partial charge in [0.2, 0.25) is 11.8 Å². The zero-order valence-corrected chi connectivity index (χ0v) is 16.7. The fourth-order valence-corrected chi connectivity index (χ4v) is 2.85. The van der Waals surface area contributed by atoms with Crippen molar-refractivity contribution in [1.82, 2.24) is 19.9 Å². The molecule has 0 saturated heterocycles. The number of hydrogen-bond donors (Lipinski definition) is 3. The van der Waals surface area contributed by atoms with Crippen LogP contribution in [-0.4, -0.2) is 60.4 Å². The monoisotopic (exact) mass is 382 g/mol. The van der Waals surface area contributed by atoms with Crippen molar-refractivity contribution in [3.8, 4) is 5.88 Å². The Balaban J connectivity index is 1.86. The lowest BCUT2D eigenvalue weighted by molar-refractivity contribution is 0.353. The van der Waals surface area contributed by atoms with Gasteiger partial charge in [0.25, 0.3) is 0 Å². The molecule has 0 amide bonds. The number of anilines is 3. The van der Waals surface area contributed by atoms with Crippen LogP contribution >= 0.6 is 0 Å². The third-order valence-electron chi connectivity index (χ3n) is 4.37. The predicted octanol–water partition coefficient (Wildman–Crippen LogP) is 2.22. The number of nitrogens with one attached hydrogen (secondary N) is 2. The van der Waals surface area contributed by atoms with Crippen LogP contribution in [0.2, 0.25) is 0 Å². The summed E-state index contributed by atoms with van der Waals surface area (Å²) in [4.78, 5) is 19.9. The fourth-order valence-electron chi connectivity index (χ4n) is 2.85. The number of methoxy groups -OCH3 is 1. The molecule has 0 unspecified atom stereocenters. The predicted molar refractivity (Wildman–Crippen MR) is 112 cm³/mol. The Kier molecular flexibility index (Phi) is 6.05. The second-order valence-corrected chi connectivity index (χ2v) is 6.64. The summed E-state index contributed by atoms with van der Waals surface area (Å²) in [5, 5.41) is 6.18. The molecule has 3 heterocycles. The maximum absolute atomic E-state index is 6.13. The van der Waals surface area contributed by atoms with Crippen LogP contribution in [0.25, 0.3) is 0 Å². The lowest BCUT2D eigenvalue weighted by Gasteiger charge is -2.23. The summed E-state index contributed by atoms with van der Waals surface area (Å²) in [6.45, 7) is 3.64. The minimum Gasteiger partial charge on any atom is -0.479 e. The smallest absolute Gasteiger partial charge is 0.239 e. The van der Waals surface area contributed by atoms with E-state index in [-0.39, 0.29) is 0 Å². The molecule has 3 rings (SSSR count). The van der Waals surface area contributed by atoms with E-state index < -0.39 is 0 Å². The molecule has 2 aromatic rings. The van der Waals surface area contributed by atoms with Crippen molar-refractivity contribution in [3.05, 3.63) is 35.3 Å². The van der Waals surface area contributed by atoms with Crippen LogP contribution in [0.3, 0.4) is 0 Å². The molecule has 28 heavy (non-hydrogen) atoms. The van der Waals surface area contributed by atoms with E-state index in [1.165, 1.54) is 0 Å². The average Bonchev–Trinajstić information content (AvgIpc) is 2.68. The number of aromatic nitrogens is 3. The molecular formula is C19H26N8O. The van der Waals surface area contributed by atoms with Gasteiger partial charge in [-0.3, -0.25) is 4.99 Å². The number of likely N-dealkylation sites (N-methyl/N-ethyl adjacent to an activating group) is 1. The van der Waals surface area contributed by atoms with Crippen molar-refractivity contribution in [1.29, 1.82) is 0 Å².